The second-order valence-electron chi connectivity index (χ2n) is 7.07. The second kappa shape index (κ2) is 5.16. The molecule has 1 atom stereocenters. The SMILES string of the molecule is NCC(c1cccc(C2CC2)c1)N(CC1CC1)C1CC1. The van der Waals surface area contributed by atoms with Crippen LogP contribution in [-0.2, 0) is 0 Å². The van der Waals surface area contributed by atoms with Crippen LogP contribution in [0, 0.1) is 5.92 Å². The number of nitrogens with two attached hydrogens (primary N) is 1. The summed E-state index contributed by atoms with van der Waals surface area (Å²) < 4.78 is 0. The van der Waals surface area contributed by atoms with Crippen molar-refractivity contribution >= 4 is 0 Å². The topological polar surface area (TPSA) is 29.3 Å². The average Bonchev–Trinajstić information content (AvgIpc) is 3.31. The molecule has 0 amide bonds. The highest BCUT2D eigenvalue weighted by atomic mass is 15.2. The molecular weight excluding hydrogens is 244 g/mol. The quantitative estimate of drug-likeness (QED) is 0.822. The van der Waals surface area contributed by atoms with Crippen molar-refractivity contribution in [2.75, 3.05) is 13.1 Å². The molecule has 2 nitrogen and oxygen atoms in total. The minimum atomic E-state index is 0.446. The van der Waals surface area contributed by atoms with E-state index < -0.39 is 0 Å². The zero-order valence-corrected chi connectivity index (χ0v) is 12.3. The number of benzene rings is 1. The van der Waals surface area contributed by atoms with Crippen molar-refractivity contribution in [3.63, 3.8) is 0 Å². The number of hydrogen-bond acceptors (Lipinski definition) is 2. The zero-order valence-electron chi connectivity index (χ0n) is 12.3. The first-order chi connectivity index (χ1) is 9.85. The van der Waals surface area contributed by atoms with E-state index in [-0.39, 0.29) is 0 Å². The number of hydrogen-bond donors (Lipinski definition) is 1. The van der Waals surface area contributed by atoms with Gasteiger partial charge in [-0.05, 0) is 61.5 Å². The van der Waals surface area contributed by atoms with Gasteiger partial charge in [-0.2, -0.15) is 0 Å². The Hall–Kier alpha value is -0.860. The smallest absolute Gasteiger partial charge is 0.0473 e. The number of rotatable bonds is 7. The maximum atomic E-state index is 6.17. The van der Waals surface area contributed by atoms with E-state index in [1.807, 2.05) is 0 Å². The fourth-order valence-electron chi connectivity index (χ4n) is 3.44. The summed E-state index contributed by atoms with van der Waals surface area (Å²) in [4.78, 5) is 2.73. The molecule has 0 aromatic heterocycles. The van der Waals surface area contributed by atoms with Crippen LogP contribution in [0.1, 0.15) is 61.6 Å². The summed E-state index contributed by atoms with van der Waals surface area (Å²) in [5.41, 5.74) is 9.17. The molecule has 1 aromatic rings. The van der Waals surface area contributed by atoms with Gasteiger partial charge < -0.3 is 5.73 Å². The van der Waals surface area contributed by atoms with E-state index in [2.05, 4.69) is 29.2 Å². The van der Waals surface area contributed by atoms with E-state index in [1.165, 1.54) is 50.6 Å². The maximum Gasteiger partial charge on any atom is 0.0473 e. The normalized spacial score (nSPS) is 24.1. The fourth-order valence-corrected chi connectivity index (χ4v) is 3.44. The van der Waals surface area contributed by atoms with Crippen LogP contribution in [0.25, 0.3) is 0 Å². The summed E-state index contributed by atoms with van der Waals surface area (Å²) in [6.07, 6.45) is 8.39. The van der Waals surface area contributed by atoms with Crippen molar-refractivity contribution in [3.05, 3.63) is 35.4 Å². The van der Waals surface area contributed by atoms with Crippen molar-refractivity contribution in [2.45, 2.75) is 56.5 Å². The molecule has 3 aliphatic carbocycles. The molecule has 0 aliphatic heterocycles. The molecule has 0 radical (unpaired) electrons. The molecule has 2 N–H and O–H groups in total. The largest absolute Gasteiger partial charge is 0.329 e. The molecule has 108 valence electrons. The van der Waals surface area contributed by atoms with E-state index in [9.17, 15) is 0 Å². The Morgan fingerprint density at radius 3 is 2.50 bits per heavy atom. The van der Waals surface area contributed by atoms with Gasteiger partial charge in [0.05, 0.1) is 0 Å². The van der Waals surface area contributed by atoms with E-state index in [0.717, 1.165) is 24.4 Å². The van der Waals surface area contributed by atoms with Gasteiger partial charge in [0.1, 0.15) is 0 Å². The molecule has 1 aromatic carbocycles. The Morgan fingerprint density at radius 1 is 1.10 bits per heavy atom. The first-order valence-corrected chi connectivity index (χ1v) is 8.41. The fraction of sp³-hybridized carbons (Fsp3) is 0.667. The van der Waals surface area contributed by atoms with Crippen LogP contribution in [0.5, 0.6) is 0 Å². The van der Waals surface area contributed by atoms with Gasteiger partial charge in [0.25, 0.3) is 0 Å². The van der Waals surface area contributed by atoms with Crippen LogP contribution in [0.3, 0.4) is 0 Å². The number of nitrogens with zero attached hydrogens (tertiary/aromatic N) is 1. The summed E-state index contributed by atoms with van der Waals surface area (Å²) >= 11 is 0. The highest BCUT2D eigenvalue weighted by Crippen LogP contribution is 2.42. The third-order valence-corrected chi connectivity index (χ3v) is 5.15. The van der Waals surface area contributed by atoms with E-state index in [0.29, 0.717) is 6.04 Å². The molecule has 3 aliphatic rings. The Morgan fingerprint density at radius 2 is 1.90 bits per heavy atom. The lowest BCUT2D eigenvalue weighted by Crippen LogP contribution is -2.37. The Labute approximate surface area is 122 Å². The summed E-state index contributed by atoms with van der Waals surface area (Å²) in [5, 5.41) is 0. The van der Waals surface area contributed by atoms with Crippen LogP contribution in [0.15, 0.2) is 24.3 Å². The standard InChI is InChI=1S/C18H26N2/c19-11-18(20(17-8-9-17)12-13-4-5-13)16-3-1-2-15(10-16)14-6-7-14/h1-3,10,13-14,17-18H,4-9,11-12,19H2. The summed E-state index contributed by atoms with van der Waals surface area (Å²) in [5.74, 6) is 1.79. The average molecular weight is 270 g/mol. The molecule has 0 saturated heterocycles. The van der Waals surface area contributed by atoms with Crippen LogP contribution >= 0.6 is 0 Å². The third-order valence-electron chi connectivity index (χ3n) is 5.15. The Bertz CT molecular complexity index is 472. The molecule has 0 spiro atoms. The first-order valence-electron chi connectivity index (χ1n) is 8.41. The lowest BCUT2D eigenvalue weighted by Gasteiger charge is -2.31. The van der Waals surface area contributed by atoms with E-state index >= 15 is 0 Å². The van der Waals surface area contributed by atoms with Gasteiger partial charge in [0.15, 0.2) is 0 Å². The summed E-state index contributed by atoms with van der Waals surface area (Å²) in [6.45, 7) is 2.04. The molecule has 4 rings (SSSR count). The minimum absolute atomic E-state index is 0.446. The van der Waals surface area contributed by atoms with Crippen LogP contribution in [-0.4, -0.2) is 24.0 Å². The molecule has 20 heavy (non-hydrogen) atoms. The summed E-state index contributed by atoms with van der Waals surface area (Å²) in [7, 11) is 0. The van der Waals surface area contributed by atoms with Gasteiger partial charge in [-0.25, -0.2) is 0 Å². The van der Waals surface area contributed by atoms with Crippen LogP contribution in [0.4, 0.5) is 0 Å². The van der Waals surface area contributed by atoms with Gasteiger partial charge in [0, 0.05) is 25.2 Å². The first kappa shape index (κ1) is 12.8. The minimum Gasteiger partial charge on any atom is -0.329 e. The second-order valence-corrected chi connectivity index (χ2v) is 7.07. The van der Waals surface area contributed by atoms with Crippen molar-refractivity contribution < 1.29 is 0 Å². The highest BCUT2D eigenvalue weighted by Gasteiger charge is 2.37. The van der Waals surface area contributed by atoms with Crippen LogP contribution < -0.4 is 5.73 Å². The monoisotopic (exact) mass is 270 g/mol. The lowest BCUT2D eigenvalue weighted by atomic mass is 10.00. The van der Waals surface area contributed by atoms with Crippen molar-refractivity contribution in [3.8, 4) is 0 Å². The van der Waals surface area contributed by atoms with Crippen molar-refractivity contribution in [1.82, 2.24) is 4.90 Å². The Balaban J connectivity index is 1.56. The molecule has 3 saturated carbocycles. The molecule has 1 unspecified atom stereocenters. The van der Waals surface area contributed by atoms with Crippen molar-refractivity contribution in [1.29, 1.82) is 0 Å². The van der Waals surface area contributed by atoms with Crippen molar-refractivity contribution in [2.24, 2.45) is 11.7 Å². The molecular formula is C18H26N2. The maximum absolute atomic E-state index is 6.17. The van der Waals surface area contributed by atoms with Gasteiger partial charge in [-0.15, -0.1) is 0 Å². The van der Waals surface area contributed by atoms with Crippen LogP contribution in [0.2, 0.25) is 0 Å². The zero-order chi connectivity index (χ0) is 13.5. The molecule has 0 bridgehead atoms. The summed E-state index contributed by atoms with van der Waals surface area (Å²) in [6, 6.07) is 10.5. The third kappa shape index (κ3) is 2.77. The predicted molar refractivity (Wildman–Crippen MR) is 82.7 cm³/mol. The molecule has 2 heteroatoms. The lowest BCUT2D eigenvalue weighted by molar-refractivity contribution is 0.182. The molecule has 0 heterocycles. The van der Waals surface area contributed by atoms with Gasteiger partial charge >= 0.3 is 0 Å². The highest BCUT2D eigenvalue weighted by molar-refractivity contribution is 5.31. The predicted octanol–water partition coefficient (Wildman–Crippen LogP) is 3.44. The van der Waals surface area contributed by atoms with E-state index in [1.54, 1.807) is 5.56 Å². The van der Waals surface area contributed by atoms with Gasteiger partial charge in [-0.3, -0.25) is 4.90 Å². The Kier molecular flexibility index (Phi) is 3.31. The van der Waals surface area contributed by atoms with E-state index in [4.69, 9.17) is 5.73 Å². The van der Waals surface area contributed by atoms with Gasteiger partial charge in [0.2, 0.25) is 0 Å². The van der Waals surface area contributed by atoms with Gasteiger partial charge in [-0.1, -0.05) is 24.3 Å². The molecule has 3 fully saturated rings.